The predicted molar refractivity (Wildman–Crippen MR) is 125 cm³/mol. The molecule has 0 saturated carbocycles. The van der Waals surface area contributed by atoms with E-state index in [0.717, 1.165) is 16.7 Å². The first-order valence-electron chi connectivity index (χ1n) is 12.2. The van der Waals surface area contributed by atoms with Gasteiger partial charge in [0.15, 0.2) is 0 Å². The first-order valence-corrected chi connectivity index (χ1v) is 12.2. The molecule has 4 atom stereocenters. The van der Waals surface area contributed by atoms with Crippen LogP contribution in [-0.2, 0) is 35.0 Å². The van der Waals surface area contributed by atoms with Crippen molar-refractivity contribution in [3.8, 4) is 0 Å². The summed E-state index contributed by atoms with van der Waals surface area (Å²) in [5.41, 5.74) is -0.339. The van der Waals surface area contributed by atoms with Crippen LogP contribution in [0.2, 0.25) is 0 Å². The van der Waals surface area contributed by atoms with E-state index in [1.165, 1.54) is 0 Å². The number of carbonyl (C=O) groups excluding carboxylic acids is 1. The number of carbonyl (C=O) groups is 1. The van der Waals surface area contributed by atoms with Gasteiger partial charge >= 0.3 is 12.4 Å². The molecule has 37 heavy (non-hydrogen) atoms. The quantitative estimate of drug-likeness (QED) is 0.448. The van der Waals surface area contributed by atoms with E-state index in [4.69, 9.17) is 4.74 Å². The highest BCUT2D eigenvalue weighted by atomic mass is 19.4. The molecule has 0 aromatic heterocycles. The van der Waals surface area contributed by atoms with Crippen LogP contribution in [0.4, 0.5) is 26.3 Å². The lowest BCUT2D eigenvalue weighted by Crippen LogP contribution is -2.55. The molecule has 2 aromatic carbocycles. The maximum Gasteiger partial charge on any atom is 0.416 e. The molecule has 4 rings (SSSR count). The van der Waals surface area contributed by atoms with Crippen molar-refractivity contribution in [3.63, 3.8) is 0 Å². The minimum absolute atomic E-state index is 0.0751. The molecule has 10 heteroatoms. The van der Waals surface area contributed by atoms with Crippen molar-refractivity contribution in [1.29, 1.82) is 0 Å². The zero-order valence-corrected chi connectivity index (χ0v) is 20.8. The number of ether oxygens (including phenoxy) is 1. The van der Waals surface area contributed by atoms with E-state index >= 15 is 0 Å². The van der Waals surface area contributed by atoms with Gasteiger partial charge in [-0.15, -0.1) is 0 Å². The molecule has 2 saturated heterocycles. The van der Waals surface area contributed by atoms with Crippen molar-refractivity contribution in [3.05, 3.63) is 69.8 Å². The molecule has 0 aliphatic carbocycles. The van der Waals surface area contributed by atoms with Gasteiger partial charge in [0.2, 0.25) is 5.91 Å². The van der Waals surface area contributed by atoms with Crippen molar-refractivity contribution < 1.29 is 35.9 Å². The van der Waals surface area contributed by atoms with Gasteiger partial charge in [0, 0.05) is 18.1 Å². The molecule has 2 N–H and O–H groups in total. The number of aryl methyl sites for hydroxylation is 2. The summed E-state index contributed by atoms with van der Waals surface area (Å²) in [6, 6.07) is 7.46. The molecule has 0 radical (unpaired) electrons. The van der Waals surface area contributed by atoms with Gasteiger partial charge in [-0.05, 0) is 74.9 Å². The number of rotatable bonds is 6. The molecular weight excluding hydrogens is 498 g/mol. The van der Waals surface area contributed by atoms with E-state index < -0.39 is 41.7 Å². The highest BCUT2D eigenvalue weighted by Crippen LogP contribution is 2.42. The van der Waals surface area contributed by atoms with Gasteiger partial charge in [0.05, 0.1) is 29.8 Å². The molecule has 2 aliphatic rings. The number of nitrogens with one attached hydrogen (secondary N) is 2. The second-order valence-electron chi connectivity index (χ2n) is 10.4. The smallest absolute Gasteiger partial charge is 0.372 e. The summed E-state index contributed by atoms with van der Waals surface area (Å²) < 4.78 is 85.0. The number of hydrogen-bond acceptors (Lipinski definition) is 3. The molecular formula is C27H30F6N2O2. The van der Waals surface area contributed by atoms with Gasteiger partial charge in [-0.3, -0.25) is 4.79 Å². The Morgan fingerprint density at radius 1 is 1.03 bits per heavy atom. The van der Waals surface area contributed by atoms with Crippen LogP contribution < -0.4 is 10.6 Å². The Balaban J connectivity index is 1.42. The Hall–Kier alpha value is -2.59. The fourth-order valence-electron chi connectivity index (χ4n) is 5.48. The number of halogens is 6. The van der Waals surface area contributed by atoms with E-state index in [2.05, 4.69) is 10.6 Å². The lowest BCUT2D eigenvalue weighted by Gasteiger charge is -2.39. The summed E-state index contributed by atoms with van der Waals surface area (Å²) in [5.74, 6) is -0.399. The maximum absolute atomic E-state index is 13.2. The number of amides is 1. The zero-order valence-electron chi connectivity index (χ0n) is 20.8. The summed E-state index contributed by atoms with van der Waals surface area (Å²) >= 11 is 0. The number of piperidine rings is 1. The second-order valence-corrected chi connectivity index (χ2v) is 10.4. The Morgan fingerprint density at radius 3 is 2.30 bits per heavy atom. The first-order chi connectivity index (χ1) is 17.2. The number of hydrogen-bond donors (Lipinski definition) is 2. The van der Waals surface area contributed by atoms with Crippen LogP contribution >= 0.6 is 0 Å². The minimum Gasteiger partial charge on any atom is -0.372 e. The van der Waals surface area contributed by atoms with Gasteiger partial charge < -0.3 is 15.4 Å². The van der Waals surface area contributed by atoms with Crippen LogP contribution in [0, 0.1) is 19.8 Å². The average molecular weight is 529 g/mol. The standard InChI is InChI=1S/C27H30F6N2O2/c1-15-4-5-16(2)18(8-15)13-34-24(36)21-12-25(3)23(7-6-22(21)35-25)37-14-17-9-19(26(28,29)30)11-20(10-17)27(31,32)33/h4-5,8-11,21-23,35H,6-7,12-14H2,1-3H3,(H,34,36). The molecule has 2 aliphatic heterocycles. The van der Waals surface area contributed by atoms with E-state index in [9.17, 15) is 31.1 Å². The average Bonchev–Trinajstić information content (AvgIpc) is 3.08. The second kappa shape index (κ2) is 9.94. The van der Waals surface area contributed by atoms with Gasteiger partial charge in [0.25, 0.3) is 0 Å². The summed E-state index contributed by atoms with van der Waals surface area (Å²) in [6.07, 6.45) is -8.69. The Morgan fingerprint density at radius 2 is 1.68 bits per heavy atom. The van der Waals surface area contributed by atoms with Crippen LogP contribution in [0.1, 0.15) is 59.6 Å². The van der Waals surface area contributed by atoms with Gasteiger partial charge in [-0.25, -0.2) is 0 Å². The van der Waals surface area contributed by atoms with Crippen molar-refractivity contribution in [2.75, 3.05) is 0 Å². The third-order valence-corrected chi connectivity index (χ3v) is 7.49. The first kappa shape index (κ1) is 27.4. The van der Waals surface area contributed by atoms with E-state index in [1.54, 1.807) is 0 Å². The van der Waals surface area contributed by atoms with Crippen molar-refractivity contribution in [1.82, 2.24) is 10.6 Å². The number of benzene rings is 2. The Bertz CT molecular complexity index is 1130. The molecule has 2 heterocycles. The Kier molecular flexibility index (Phi) is 7.38. The van der Waals surface area contributed by atoms with E-state index in [-0.39, 0.29) is 29.5 Å². The third kappa shape index (κ3) is 6.12. The molecule has 4 unspecified atom stereocenters. The zero-order chi connectivity index (χ0) is 27.2. The van der Waals surface area contributed by atoms with Crippen molar-refractivity contribution in [2.24, 2.45) is 5.92 Å². The fraction of sp³-hybridized carbons (Fsp3) is 0.519. The number of alkyl halides is 6. The van der Waals surface area contributed by atoms with Crippen LogP contribution in [0.5, 0.6) is 0 Å². The maximum atomic E-state index is 13.2. The minimum atomic E-state index is -4.91. The molecule has 2 fully saturated rings. The van der Waals surface area contributed by atoms with Crippen LogP contribution in [-0.4, -0.2) is 23.6 Å². The van der Waals surface area contributed by atoms with Gasteiger partial charge in [-0.2, -0.15) is 26.3 Å². The molecule has 2 bridgehead atoms. The van der Waals surface area contributed by atoms with Crippen LogP contribution in [0.15, 0.2) is 36.4 Å². The summed E-state index contributed by atoms with van der Waals surface area (Å²) in [5, 5.41) is 6.45. The van der Waals surface area contributed by atoms with E-state index in [1.807, 2.05) is 39.0 Å². The largest absolute Gasteiger partial charge is 0.416 e. The highest BCUT2D eigenvalue weighted by molar-refractivity contribution is 5.80. The van der Waals surface area contributed by atoms with Gasteiger partial charge in [-0.1, -0.05) is 23.8 Å². The van der Waals surface area contributed by atoms with Gasteiger partial charge in [0.1, 0.15) is 0 Å². The topological polar surface area (TPSA) is 50.4 Å². The lowest BCUT2D eigenvalue weighted by molar-refractivity contribution is -0.143. The highest BCUT2D eigenvalue weighted by Gasteiger charge is 2.52. The molecule has 0 spiro atoms. The van der Waals surface area contributed by atoms with E-state index in [0.29, 0.717) is 37.9 Å². The SMILES string of the molecule is Cc1ccc(C)c(CNC(=O)C2CC3(C)NC2CCC3OCc2cc(C(F)(F)F)cc(C(F)(F)F)c2)c1. The molecule has 202 valence electrons. The predicted octanol–water partition coefficient (Wildman–Crippen LogP) is 6.07. The molecule has 1 amide bonds. The monoisotopic (exact) mass is 528 g/mol. The van der Waals surface area contributed by atoms with Crippen molar-refractivity contribution in [2.45, 2.75) is 83.2 Å². The summed E-state index contributed by atoms with van der Waals surface area (Å²) in [6.45, 7) is 5.86. The van der Waals surface area contributed by atoms with Crippen LogP contribution in [0.25, 0.3) is 0 Å². The van der Waals surface area contributed by atoms with Crippen molar-refractivity contribution >= 4 is 5.91 Å². The normalized spacial score (nSPS) is 25.8. The number of fused-ring (bicyclic) bond motifs is 2. The molecule has 2 aromatic rings. The fourth-order valence-corrected chi connectivity index (χ4v) is 5.48. The lowest BCUT2D eigenvalue weighted by atomic mass is 9.88. The summed E-state index contributed by atoms with van der Waals surface area (Å²) in [7, 11) is 0. The summed E-state index contributed by atoms with van der Waals surface area (Å²) in [4.78, 5) is 13.0. The van der Waals surface area contributed by atoms with Crippen LogP contribution in [0.3, 0.4) is 0 Å². The third-order valence-electron chi connectivity index (χ3n) is 7.49. The Labute approximate surface area is 211 Å². The molecule has 4 nitrogen and oxygen atoms in total.